The quantitative estimate of drug-likeness (QED) is 0.122. The van der Waals surface area contributed by atoms with Crippen molar-refractivity contribution in [1.29, 1.82) is 5.26 Å². The molecule has 11 heteroatoms. The van der Waals surface area contributed by atoms with E-state index in [9.17, 15) is 18.8 Å². The van der Waals surface area contributed by atoms with E-state index >= 15 is 4.39 Å². The number of benzene rings is 2. The lowest BCUT2D eigenvalue weighted by molar-refractivity contribution is -0.158. The van der Waals surface area contributed by atoms with Gasteiger partial charge in [0.15, 0.2) is 11.5 Å². The highest BCUT2D eigenvalue weighted by Gasteiger charge is 2.39. The molecule has 1 aromatic heterocycles. The zero-order valence-corrected chi connectivity index (χ0v) is 21.3. The number of hydrogen-bond acceptors (Lipinski definition) is 7. The molecule has 0 amide bonds. The van der Waals surface area contributed by atoms with E-state index in [1.807, 2.05) is 36.4 Å². The van der Waals surface area contributed by atoms with Gasteiger partial charge in [-0.05, 0) is 31.5 Å². The molecule has 7 nitrogen and oxygen atoms in total. The first kappa shape index (κ1) is 27.1. The summed E-state index contributed by atoms with van der Waals surface area (Å²) in [5, 5.41) is 9.25. The Morgan fingerprint density at radius 1 is 1.11 bits per heavy atom. The molecule has 188 valence electrons. The number of esters is 1. The number of alkyl halides is 1. The maximum atomic E-state index is 15.3. The minimum atomic E-state index is -1.83. The summed E-state index contributed by atoms with van der Waals surface area (Å²) in [5.41, 5.74) is -0.873. The van der Waals surface area contributed by atoms with Crippen molar-refractivity contribution in [3.63, 3.8) is 0 Å². The van der Waals surface area contributed by atoms with E-state index in [4.69, 9.17) is 18.9 Å². The van der Waals surface area contributed by atoms with Crippen LogP contribution in [0, 0.1) is 28.9 Å². The van der Waals surface area contributed by atoms with Crippen molar-refractivity contribution in [2.24, 2.45) is 0 Å². The van der Waals surface area contributed by atoms with Gasteiger partial charge in [-0.2, -0.15) is 23.4 Å². The van der Waals surface area contributed by atoms with Crippen LogP contribution in [-0.4, -0.2) is 27.6 Å². The third-order valence-electron chi connectivity index (χ3n) is 4.77. The largest absolute Gasteiger partial charge is 0.485 e. The number of halogens is 4. The van der Waals surface area contributed by atoms with E-state index in [2.05, 4.69) is 4.98 Å². The van der Waals surface area contributed by atoms with Gasteiger partial charge in [-0.15, -0.1) is 0 Å². The SMILES string of the molecule is CCOC(=O)C(C)(CI)Oc1c(F)c(F)nc(Oc2cc(C#N)ccc2OCc2ccccc2)c1F. The molecule has 1 unspecified atom stereocenters. The van der Waals surface area contributed by atoms with Crippen LogP contribution in [0.2, 0.25) is 0 Å². The van der Waals surface area contributed by atoms with Gasteiger partial charge >= 0.3 is 5.97 Å². The molecule has 2 aromatic carbocycles. The second-order valence-corrected chi connectivity index (χ2v) is 8.26. The molecule has 0 saturated carbocycles. The van der Waals surface area contributed by atoms with Crippen molar-refractivity contribution in [2.75, 3.05) is 11.0 Å². The molecule has 0 aliphatic carbocycles. The topological polar surface area (TPSA) is 90.7 Å². The molecule has 0 aliphatic heterocycles. The molecule has 0 N–H and O–H groups in total. The number of nitrogens with zero attached hydrogens (tertiary/aromatic N) is 2. The number of carbonyl (C=O) groups is 1. The average molecular weight is 612 g/mol. The fraction of sp³-hybridized carbons (Fsp3) is 0.240. The smallest absolute Gasteiger partial charge is 0.351 e. The van der Waals surface area contributed by atoms with Crippen LogP contribution in [0.1, 0.15) is 25.0 Å². The van der Waals surface area contributed by atoms with E-state index in [1.165, 1.54) is 25.1 Å². The minimum Gasteiger partial charge on any atom is -0.485 e. The molecule has 1 atom stereocenters. The molecule has 36 heavy (non-hydrogen) atoms. The molecule has 0 fully saturated rings. The van der Waals surface area contributed by atoms with Crippen LogP contribution < -0.4 is 14.2 Å². The maximum absolute atomic E-state index is 15.3. The lowest BCUT2D eigenvalue weighted by Gasteiger charge is -2.27. The van der Waals surface area contributed by atoms with E-state index in [1.54, 1.807) is 29.5 Å². The highest BCUT2D eigenvalue weighted by molar-refractivity contribution is 14.1. The molecular formula is C25H20F3IN2O5. The third kappa shape index (κ3) is 6.17. The van der Waals surface area contributed by atoms with Crippen LogP contribution in [0.4, 0.5) is 13.2 Å². The molecule has 0 spiro atoms. The first-order chi connectivity index (χ1) is 17.2. The average Bonchev–Trinajstić information content (AvgIpc) is 2.89. The van der Waals surface area contributed by atoms with E-state index in [0.717, 1.165) is 5.56 Å². The van der Waals surface area contributed by atoms with E-state index < -0.39 is 40.8 Å². The number of carbonyl (C=O) groups excluding carboxylic acids is 1. The van der Waals surface area contributed by atoms with Crippen LogP contribution in [0.3, 0.4) is 0 Å². The first-order valence-electron chi connectivity index (χ1n) is 10.6. The Labute approximate surface area is 218 Å². The highest BCUT2D eigenvalue weighted by Crippen LogP contribution is 2.38. The number of nitriles is 1. The van der Waals surface area contributed by atoms with Crippen LogP contribution in [0.15, 0.2) is 48.5 Å². The molecule has 3 aromatic rings. The molecule has 0 saturated heterocycles. The van der Waals surface area contributed by atoms with Crippen molar-refractivity contribution >= 4 is 28.6 Å². The van der Waals surface area contributed by atoms with Gasteiger partial charge in [0.05, 0.1) is 22.7 Å². The number of rotatable bonds is 10. The molecular weight excluding hydrogens is 592 g/mol. The lowest BCUT2D eigenvalue weighted by atomic mass is 10.1. The summed E-state index contributed by atoms with van der Waals surface area (Å²) in [6, 6.07) is 15.1. The van der Waals surface area contributed by atoms with Gasteiger partial charge < -0.3 is 18.9 Å². The standard InChI is InChI=1S/C25H20F3IN2O5/c1-3-33-24(32)25(2,14-29)36-21-19(26)22(28)31-23(20(21)27)35-18-11-16(12-30)9-10-17(18)34-13-15-7-5-4-6-8-15/h4-11H,3,13-14H2,1-2H3. The molecule has 0 radical (unpaired) electrons. The summed E-state index contributed by atoms with van der Waals surface area (Å²) < 4.78 is 65.5. The van der Waals surface area contributed by atoms with E-state index in [-0.39, 0.29) is 34.7 Å². The number of ether oxygens (including phenoxy) is 4. The van der Waals surface area contributed by atoms with E-state index in [0.29, 0.717) is 0 Å². The second kappa shape index (κ2) is 11.9. The molecule has 1 heterocycles. The van der Waals surface area contributed by atoms with Crippen LogP contribution >= 0.6 is 22.6 Å². The fourth-order valence-corrected chi connectivity index (χ4v) is 3.35. The Morgan fingerprint density at radius 3 is 2.47 bits per heavy atom. The second-order valence-electron chi connectivity index (χ2n) is 7.50. The Kier molecular flexibility index (Phi) is 8.98. The Hall–Kier alpha value is -3.53. The van der Waals surface area contributed by atoms with Crippen molar-refractivity contribution in [1.82, 2.24) is 4.98 Å². The van der Waals surface area contributed by atoms with Crippen LogP contribution in [0.5, 0.6) is 23.1 Å². The molecule has 0 aliphatic rings. The van der Waals surface area contributed by atoms with Crippen molar-refractivity contribution in [3.8, 4) is 29.2 Å². The van der Waals surface area contributed by atoms with Crippen LogP contribution in [-0.2, 0) is 16.1 Å². The number of pyridine rings is 1. The normalized spacial score (nSPS) is 12.2. The van der Waals surface area contributed by atoms with Crippen molar-refractivity contribution in [3.05, 3.63) is 77.2 Å². The summed E-state index contributed by atoms with van der Waals surface area (Å²) in [5.74, 6) is -8.11. The minimum absolute atomic E-state index is 0.000549. The Balaban J connectivity index is 1.98. The zero-order valence-electron chi connectivity index (χ0n) is 19.2. The number of hydrogen-bond donors (Lipinski definition) is 0. The first-order valence-corrected chi connectivity index (χ1v) is 12.1. The monoisotopic (exact) mass is 612 g/mol. The van der Waals surface area contributed by atoms with Gasteiger partial charge in [0.2, 0.25) is 23.0 Å². The van der Waals surface area contributed by atoms with Gasteiger partial charge in [-0.3, -0.25) is 0 Å². The predicted molar refractivity (Wildman–Crippen MR) is 131 cm³/mol. The summed E-state index contributed by atoms with van der Waals surface area (Å²) in [7, 11) is 0. The summed E-state index contributed by atoms with van der Waals surface area (Å²) >= 11 is 1.77. The van der Waals surface area contributed by atoms with Gasteiger partial charge in [0.25, 0.3) is 11.8 Å². The Bertz CT molecular complexity index is 1290. The van der Waals surface area contributed by atoms with Gasteiger partial charge in [-0.25, -0.2) is 4.79 Å². The summed E-state index contributed by atoms with van der Waals surface area (Å²) in [6.07, 6.45) is 0. The Morgan fingerprint density at radius 2 is 1.83 bits per heavy atom. The highest BCUT2D eigenvalue weighted by atomic mass is 127. The van der Waals surface area contributed by atoms with Crippen LogP contribution in [0.25, 0.3) is 0 Å². The zero-order chi connectivity index (χ0) is 26.3. The molecule has 3 rings (SSSR count). The third-order valence-corrected chi connectivity index (χ3v) is 6.23. The van der Waals surface area contributed by atoms with Gasteiger partial charge in [0, 0.05) is 6.07 Å². The molecule has 0 bridgehead atoms. The fourth-order valence-electron chi connectivity index (χ4n) is 2.88. The van der Waals surface area contributed by atoms with Crippen molar-refractivity contribution < 1.29 is 36.9 Å². The summed E-state index contributed by atoms with van der Waals surface area (Å²) in [4.78, 5) is 15.5. The summed E-state index contributed by atoms with van der Waals surface area (Å²) in [6.45, 7) is 2.91. The van der Waals surface area contributed by atoms with Crippen molar-refractivity contribution in [2.45, 2.75) is 26.1 Å². The number of aromatic nitrogens is 1. The predicted octanol–water partition coefficient (Wildman–Crippen LogP) is 5.88. The van der Waals surface area contributed by atoms with Gasteiger partial charge in [0.1, 0.15) is 6.61 Å². The van der Waals surface area contributed by atoms with Gasteiger partial charge in [-0.1, -0.05) is 52.9 Å². The maximum Gasteiger partial charge on any atom is 0.351 e. The lowest BCUT2D eigenvalue weighted by Crippen LogP contribution is -2.45.